The minimum absolute atomic E-state index is 0.0334. The maximum atomic E-state index is 12.7. The van der Waals surface area contributed by atoms with Gasteiger partial charge in [0.25, 0.3) is 0 Å². The summed E-state index contributed by atoms with van der Waals surface area (Å²) < 4.78 is 39.2. The third-order valence-corrected chi connectivity index (χ3v) is 4.80. The smallest absolute Gasteiger partial charge is 0.337 e. The molecule has 1 aromatic carbocycles. The van der Waals surface area contributed by atoms with Gasteiger partial charge in [0, 0.05) is 23.4 Å². The number of amides is 1. The van der Waals surface area contributed by atoms with Crippen molar-refractivity contribution in [3.05, 3.63) is 28.2 Å². The number of carbonyl (C=O) groups excluding carboxylic acids is 2. The molecule has 0 saturated carbocycles. The van der Waals surface area contributed by atoms with Gasteiger partial charge in [0.15, 0.2) is 0 Å². The third kappa shape index (κ3) is 3.83. The fourth-order valence-electron chi connectivity index (χ4n) is 2.38. The van der Waals surface area contributed by atoms with Crippen LogP contribution in [0.2, 0.25) is 0 Å². The zero-order valence-corrected chi connectivity index (χ0v) is 14.0. The highest BCUT2D eigenvalue weighted by Crippen LogP contribution is 2.33. The maximum Gasteiger partial charge on any atom is 0.337 e. The van der Waals surface area contributed by atoms with Crippen LogP contribution < -0.4 is 4.90 Å². The van der Waals surface area contributed by atoms with E-state index in [1.54, 1.807) is 6.07 Å². The van der Waals surface area contributed by atoms with Crippen LogP contribution in [-0.4, -0.2) is 39.7 Å². The normalized spacial score (nSPS) is 18.6. The van der Waals surface area contributed by atoms with E-state index in [9.17, 15) is 21.9 Å². The van der Waals surface area contributed by atoms with E-state index in [4.69, 9.17) is 0 Å². The van der Waals surface area contributed by atoms with Crippen molar-refractivity contribution in [2.45, 2.75) is 6.42 Å². The van der Waals surface area contributed by atoms with Crippen molar-refractivity contribution in [2.24, 2.45) is 5.92 Å². The molecule has 1 aliphatic rings. The van der Waals surface area contributed by atoms with Crippen LogP contribution >= 0.6 is 15.9 Å². The van der Waals surface area contributed by atoms with Gasteiger partial charge in [0.1, 0.15) is 0 Å². The molecule has 2 rings (SSSR count). The minimum Gasteiger partial charge on any atom is -0.465 e. The molecule has 1 amide bonds. The third-order valence-electron chi connectivity index (χ3n) is 3.30. The van der Waals surface area contributed by atoms with Gasteiger partial charge in [0.2, 0.25) is 5.91 Å². The molecule has 0 aromatic heterocycles. The van der Waals surface area contributed by atoms with E-state index < -0.39 is 27.9 Å². The number of hydrogen-bond acceptors (Lipinski definition) is 5. The van der Waals surface area contributed by atoms with Crippen LogP contribution in [0, 0.1) is 5.92 Å². The number of hydrogen-bond donors (Lipinski definition) is 0. The Hall–Kier alpha value is -1.48. The van der Waals surface area contributed by atoms with Crippen LogP contribution in [0.15, 0.2) is 22.7 Å². The monoisotopic (exact) mass is 393 g/mol. The Morgan fingerprint density at radius 3 is 2.73 bits per heavy atom. The topological polar surface area (TPSA) is 80.8 Å². The summed E-state index contributed by atoms with van der Waals surface area (Å²) in [5, 5.41) is 0. The van der Waals surface area contributed by atoms with E-state index in [2.05, 4.69) is 20.7 Å². The number of halogens is 2. The highest BCUT2D eigenvalue weighted by Gasteiger charge is 2.34. The second-order valence-corrected chi connectivity index (χ2v) is 7.20. The molecule has 22 heavy (non-hydrogen) atoms. The predicted octanol–water partition coefficient (Wildman–Crippen LogP) is 1.89. The van der Waals surface area contributed by atoms with Gasteiger partial charge >= 0.3 is 16.2 Å². The molecular formula is C13H13BrFNO5S. The standard InChI is InChI=1S/C13H13BrFNO5S/c1-21-13(18)9-2-3-11(10(14)5-9)16-6-8(4-12(16)17)7-22(15,19)20/h2-3,5,8H,4,6-7H2,1H3. The quantitative estimate of drug-likeness (QED) is 0.576. The first-order valence-corrected chi connectivity index (χ1v) is 8.66. The Bertz CT molecular complexity index is 721. The second-order valence-electron chi connectivity index (χ2n) is 4.94. The zero-order chi connectivity index (χ0) is 16.5. The fourth-order valence-corrected chi connectivity index (χ4v) is 3.76. The molecule has 0 N–H and O–H groups in total. The van der Waals surface area contributed by atoms with E-state index >= 15 is 0 Å². The van der Waals surface area contributed by atoms with Gasteiger partial charge in [-0.05, 0) is 34.1 Å². The highest BCUT2D eigenvalue weighted by atomic mass is 79.9. The van der Waals surface area contributed by atoms with E-state index in [0.29, 0.717) is 15.7 Å². The lowest BCUT2D eigenvalue weighted by atomic mass is 10.1. The van der Waals surface area contributed by atoms with Crippen LogP contribution in [0.5, 0.6) is 0 Å². The molecule has 1 fully saturated rings. The average Bonchev–Trinajstić information content (AvgIpc) is 2.76. The Kier molecular flexibility index (Phi) is 4.86. The minimum atomic E-state index is -4.62. The first kappa shape index (κ1) is 16.9. The summed E-state index contributed by atoms with van der Waals surface area (Å²) in [5.41, 5.74) is 0.809. The van der Waals surface area contributed by atoms with E-state index in [-0.39, 0.29) is 18.9 Å². The largest absolute Gasteiger partial charge is 0.465 e. The molecule has 1 aromatic rings. The summed E-state index contributed by atoms with van der Waals surface area (Å²) in [6.07, 6.45) is -0.0334. The number of esters is 1. The van der Waals surface area contributed by atoms with Crippen molar-refractivity contribution in [3.63, 3.8) is 0 Å². The van der Waals surface area contributed by atoms with Gasteiger partial charge in [-0.15, -0.1) is 3.89 Å². The Labute approximate surface area is 135 Å². The van der Waals surface area contributed by atoms with E-state index in [1.165, 1.54) is 24.1 Å². The molecule has 1 heterocycles. The summed E-state index contributed by atoms with van der Waals surface area (Å²) in [7, 11) is -3.36. The lowest BCUT2D eigenvalue weighted by molar-refractivity contribution is -0.117. The highest BCUT2D eigenvalue weighted by molar-refractivity contribution is 9.10. The van der Waals surface area contributed by atoms with Gasteiger partial charge < -0.3 is 9.64 Å². The summed E-state index contributed by atoms with van der Waals surface area (Å²) in [6.45, 7) is 0.109. The number of anilines is 1. The summed E-state index contributed by atoms with van der Waals surface area (Å²) in [5.74, 6) is -2.07. The van der Waals surface area contributed by atoms with Crippen molar-refractivity contribution in [2.75, 3.05) is 24.3 Å². The molecule has 0 spiro atoms. The predicted molar refractivity (Wildman–Crippen MR) is 80.8 cm³/mol. The number of nitrogens with zero attached hydrogens (tertiary/aromatic N) is 1. The lowest BCUT2D eigenvalue weighted by Gasteiger charge is -2.18. The van der Waals surface area contributed by atoms with Crippen molar-refractivity contribution in [1.29, 1.82) is 0 Å². The van der Waals surface area contributed by atoms with Gasteiger partial charge in [-0.3, -0.25) is 4.79 Å². The van der Waals surface area contributed by atoms with Crippen molar-refractivity contribution in [3.8, 4) is 0 Å². The van der Waals surface area contributed by atoms with Crippen LogP contribution in [0.4, 0.5) is 9.57 Å². The number of rotatable bonds is 4. The number of carbonyl (C=O) groups is 2. The first-order valence-electron chi connectivity index (χ1n) is 6.32. The van der Waals surface area contributed by atoms with Crippen molar-refractivity contribution in [1.82, 2.24) is 0 Å². The number of methoxy groups -OCH3 is 1. The Morgan fingerprint density at radius 2 is 2.18 bits per heavy atom. The average molecular weight is 394 g/mol. The molecule has 0 bridgehead atoms. The molecule has 1 unspecified atom stereocenters. The number of ether oxygens (including phenoxy) is 1. The summed E-state index contributed by atoms with van der Waals surface area (Å²) >= 11 is 3.27. The molecule has 1 atom stereocenters. The molecule has 6 nitrogen and oxygen atoms in total. The van der Waals surface area contributed by atoms with Gasteiger partial charge in [-0.25, -0.2) is 4.79 Å². The SMILES string of the molecule is COC(=O)c1ccc(N2CC(CS(=O)(=O)F)CC2=O)c(Br)c1. The fraction of sp³-hybridized carbons (Fsp3) is 0.385. The van der Waals surface area contributed by atoms with E-state index in [0.717, 1.165) is 0 Å². The van der Waals surface area contributed by atoms with E-state index in [1.807, 2.05) is 0 Å². The Morgan fingerprint density at radius 1 is 1.50 bits per heavy atom. The molecule has 1 saturated heterocycles. The van der Waals surface area contributed by atoms with Gasteiger partial charge in [-0.2, -0.15) is 8.42 Å². The molecular weight excluding hydrogens is 381 g/mol. The second kappa shape index (κ2) is 6.33. The van der Waals surface area contributed by atoms with Crippen LogP contribution in [0.25, 0.3) is 0 Å². The van der Waals surface area contributed by atoms with Crippen LogP contribution in [0.1, 0.15) is 16.8 Å². The van der Waals surface area contributed by atoms with Crippen LogP contribution in [-0.2, 0) is 19.8 Å². The molecule has 0 aliphatic carbocycles. The van der Waals surface area contributed by atoms with Crippen molar-refractivity contribution >= 4 is 43.7 Å². The molecule has 1 aliphatic heterocycles. The maximum absolute atomic E-state index is 12.7. The zero-order valence-electron chi connectivity index (χ0n) is 11.6. The lowest BCUT2D eigenvalue weighted by Crippen LogP contribution is -2.25. The van der Waals surface area contributed by atoms with Crippen molar-refractivity contribution < 1.29 is 26.6 Å². The molecule has 9 heteroatoms. The van der Waals surface area contributed by atoms with Gasteiger partial charge in [0.05, 0.1) is 24.1 Å². The Balaban J connectivity index is 2.22. The summed E-state index contributed by atoms with van der Waals surface area (Å²) in [6, 6.07) is 4.56. The summed E-state index contributed by atoms with van der Waals surface area (Å²) in [4.78, 5) is 24.8. The molecule has 0 radical (unpaired) electrons. The molecule has 120 valence electrons. The first-order chi connectivity index (χ1) is 10.2. The number of benzene rings is 1. The van der Waals surface area contributed by atoms with Crippen LogP contribution in [0.3, 0.4) is 0 Å². The van der Waals surface area contributed by atoms with Gasteiger partial charge in [-0.1, -0.05) is 0 Å².